The number of hydrogen-bond donors (Lipinski definition) is 2. The van der Waals surface area contributed by atoms with E-state index in [1.165, 1.54) is 16.2 Å². The van der Waals surface area contributed by atoms with Gasteiger partial charge in [-0.05, 0) is 66.1 Å². The molecule has 42 heavy (non-hydrogen) atoms. The van der Waals surface area contributed by atoms with Crippen LogP contribution in [0.2, 0.25) is 5.02 Å². The van der Waals surface area contributed by atoms with Crippen LogP contribution in [0.25, 0.3) is 0 Å². The molecule has 3 aromatic rings. The summed E-state index contributed by atoms with van der Waals surface area (Å²) in [7, 11) is 3.18. The Morgan fingerprint density at radius 2 is 1.74 bits per heavy atom. The number of imide groups is 1. The maximum atomic E-state index is 13.8. The summed E-state index contributed by atoms with van der Waals surface area (Å²) in [6, 6.07) is 12.6. The van der Waals surface area contributed by atoms with Gasteiger partial charge >= 0.3 is 4.87 Å². The van der Waals surface area contributed by atoms with Gasteiger partial charge in [0.15, 0.2) is 11.5 Å². The number of thiazole rings is 1. The Morgan fingerprint density at radius 1 is 1.02 bits per heavy atom. The van der Waals surface area contributed by atoms with E-state index in [0.717, 1.165) is 21.9 Å². The Kier molecular flexibility index (Phi) is 6.86. The minimum atomic E-state index is -0.413. The number of aromatic amines is 1. The van der Waals surface area contributed by atoms with Crippen molar-refractivity contribution in [3.63, 3.8) is 0 Å². The zero-order chi connectivity index (χ0) is 29.3. The topological polar surface area (TPSA) is 118 Å². The van der Waals surface area contributed by atoms with Crippen molar-refractivity contribution >= 4 is 58.1 Å². The smallest absolute Gasteiger partial charge is 0.305 e. The molecule has 9 nitrogen and oxygen atoms in total. The fraction of sp³-hybridized carbons (Fsp3) is 0.400. The number of amides is 3. The zero-order valence-corrected chi connectivity index (χ0v) is 25.2. The van der Waals surface area contributed by atoms with E-state index >= 15 is 0 Å². The van der Waals surface area contributed by atoms with Crippen LogP contribution in [0, 0.1) is 29.6 Å². The van der Waals surface area contributed by atoms with Gasteiger partial charge in [0.25, 0.3) is 0 Å². The third-order valence-electron chi connectivity index (χ3n) is 9.27. The first-order valence-electron chi connectivity index (χ1n) is 13.8. The van der Waals surface area contributed by atoms with Crippen LogP contribution in [0.4, 0.5) is 5.69 Å². The van der Waals surface area contributed by atoms with Crippen LogP contribution in [-0.2, 0) is 14.4 Å². The molecule has 12 heteroatoms. The van der Waals surface area contributed by atoms with Gasteiger partial charge in [0, 0.05) is 39.7 Å². The molecule has 1 aromatic heterocycles. The van der Waals surface area contributed by atoms with Crippen LogP contribution in [-0.4, -0.2) is 53.6 Å². The van der Waals surface area contributed by atoms with Gasteiger partial charge < -0.3 is 19.8 Å². The molecule has 1 saturated heterocycles. The quantitative estimate of drug-likeness (QED) is 0.368. The molecule has 0 spiro atoms. The fourth-order valence-electron chi connectivity index (χ4n) is 7.69. The molecule has 7 rings (SSSR count). The average molecular weight is 626 g/mol. The first-order chi connectivity index (χ1) is 20.3. The number of methoxy groups -OCH3 is 2. The van der Waals surface area contributed by atoms with Crippen molar-refractivity contribution in [1.82, 2.24) is 9.88 Å². The third-order valence-corrected chi connectivity index (χ3v) is 12.1. The summed E-state index contributed by atoms with van der Waals surface area (Å²) in [5.74, 6) is -0.264. The van der Waals surface area contributed by atoms with E-state index in [2.05, 4.69) is 10.3 Å². The van der Waals surface area contributed by atoms with Crippen molar-refractivity contribution in [3.05, 3.63) is 67.6 Å². The number of nitrogens with zero attached hydrogens (tertiary/aromatic N) is 1. The molecule has 3 heterocycles. The lowest BCUT2D eigenvalue weighted by Crippen LogP contribution is -2.42. The number of aromatic nitrogens is 1. The predicted octanol–water partition coefficient (Wildman–Crippen LogP) is 4.61. The van der Waals surface area contributed by atoms with Gasteiger partial charge in [-0.3, -0.25) is 24.1 Å². The van der Waals surface area contributed by atoms with Gasteiger partial charge in [0.2, 0.25) is 17.7 Å². The number of H-pyrrole nitrogens is 1. The number of thioether (sulfide) groups is 1. The van der Waals surface area contributed by atoms with Crippen LogP contribution in [0.15, 0.2) is 52.3 Å². The highest BCUT2D eigenvalue weighted by Crippen LogP contribution is 2.68. The second-order valence-electron chi connectivity index (χ2n) is 11.2. The highest BCUT2D eigenvalue weighted by molar-refractivity contribution is 8.00. The van der Waals surface area contributed by atoms with Crippen LogP contribution in [0.3, 0.4) is 0 Å². The van der Waals surface area contributed by atoms with Gasteiger partial charge in [0.05, 0.1) is 31.1 Å². The number of likely N-dealkylation sites (tertiary alicyclic amines) is 1. The number of carbonyl (C=O) groups is 3. The van der Waals surface area contributed by atoms with Crippen molar-refractivity contribution in [2.24, 2.45) is 29.6 Å². The summed E-state index contributed by atoms with van der Waals surface area (Å²) in [6.45, 7) is 0.0474. The largest absolute Gasteiger partial charge is 0.493 e. The number of halogens is 1. The van der Waals surface area contributed by atoms with Gasteiger partial charge in [-0.1, -0.05) is 29.0 Å². The van der Waals surface area contributed by atoms with Crippen molar-refractivity contribution in [3.8, 4) is 11.5 Å². The van der Waals surface area contributed by atoms with Crippen molar-refractivity contribution in [1.29, 1.82) is 0 Å². The zero-order valence-electron chi connectivity index (χ0n) is 22.8. The third kappa shape index (κ3) is 4.27. The van der Waals surface area contributed by atoms with Gasteiger partial charge in [-0.15, -0.1) is 11.8 Å². The lowest BCUT2D eigenvalue weighted by Gasteiger charge is -2.43. The molecule has 7 atom stereocenters. The monoisotopic (exact) mass is 625 g/mol. The van der Waals surface area contributed by atoms with Crippen molar-refractivity contribution in [2.45, 2.75) is 29.0 Å². The summed E-state index contributed by atoms with van der Waals surface area (Å²) >= 11 is 8.78. The summed E-state index contributed by atoms with van der Waals surface area (Å²) in [5, 5.41) is 4.30. The van der Waals surface area contributed by atoms with Gasteiger partial charge in [0.1, 0.15) is 0 Å². The Balaban J connectivity index is 1.16. The second-order valence-corrected chi connectivity index (χ2v) is 13.8. The van der Waals surface area contributed by atoms with Crippen molar-refractivity contribution < 1.29 is 23.9 Å². The maximum absolute atomic E-state index is 13.8. The van der Waals surface area contributed by atoms with Crippen molar-refractivity contribution in [2.75, 3.05) is 26.1 Å². The SMILES string of the molecule is COc1ccc(C2c3sc(=O)[nH]c3SC3C4CC(C5C(=O)N(CCC(=O)Nc6ccc(Cl)cc6)C(=O)C45)C23)cc1OC. The minimum Gasteiger partial charge on any atom is -0.493 e. The molecular weight excluding hydrogens is 598 g/mol. The van der Waals surface area contributed by atoms with E-state index in [0.29, 0.717) is 22.2 Å². The Hall–Kier alpha value is -3.28. The molecule has 2 aliphatic heterocycles. The molecule has 3 fully saturated rings. The molecule has 4 aliphatic rings. The molecule has 2 N–H and O–H groups in total. The molecule has 0 radical (unpaired) electrons. The molecule has 2 saturated carbocycles. The number of anilines is 1. The molecule has 2 aromatic carbocycles. The molecular formula is C30H28ClN3O6S2. The molecule has 3 amide bonds. The average Bonchev–Trinajstić information content (AvgIpc) is 3.72. The number of ether oxygens (including phenoxy) is 2. The summed E-state index contributed by atoms with van der Waals surface area (Å²) < 4.78 is 11.1. The van der Waals surface area contributed by atoms with Crippen LogP contribution >= 0.6 is 34.7 Å². The van der Waals surface area contributed by atoms with Crippen LogP contribution in [0.1, 0.15) is 29.2 Å². The normalized spacial score (nSPS) is 28.8. The predicted molar refractivity (Wildman–Crippen MR) is 159 cm³/mol. The molecule has 218 valence electrons. The van der Waals surface area contributed by atoms with Crippen LogP contribution in [0.5, 0.6) is 11.5 Å². The second kappa shape index (κ2) is 10.5. The summed E-state index contributed by atoms with van der Waals surface area (Å²) in [5.41, 5.74) is 1.60. The number of rotatable bonds is 7. The molecule has 2 bridgehead atoms. The van der Waals surface area contributed by atoms with Gasteiger partial charge in [-0.2, -0.15) is 0 Å². The highest BCUT2D eigenvalue weighted by atomic mass is 35.5. The van der Waals surface area contributed by atoms with E-state index in [1.54, 1.807) is 50.2 Å². The lowest BCUT2D eigenvalue weighted by atomic mass is 9.68. The maximum Gasteiger partial charge on any atom is 0.305 e. The van der Waals surface area contributed by atoms with E-state index in [-0.39, 0.29) is 64.5 Å². The molecule has 2 aliphatic carbocycles. The number of carbonyl (C=O) groups excluding carboxylic acids is 3. The highest BCUT2D eigenvalue weighted by Gasteiger charge is 2.69. The Bertz CT molecular complexity index is 1660. The fourth-order valence-corrected chi connectivity index (χ4v) is 10.7. The van der Waals surface area contributed by atoms with E-state index in [9.17, 15) is 19.2 Å². The van der Waals surface area contributed by atoms with E-state index in [1.807, 2.05) is 18.2 Å². The number of benzene rings is 2. The first-order valence-corrected chi connectivity index (χ1v) is 15.9. The van der Waals surface area contributed by atoms with E-state index in [4.69, 9.17) is 21.1 Å². The lowest BCUT2D eigenvalue weighted by molar-refractivity contribution is -0.141. The number of hydrogen-bond acceptors (Lipinski definition) is 8. The molecule has 7 unspecified atom stereocenters. The minimum absolute atomic E-state index is 0.00899. The first kappa shape index (κ1) is 27.5. The van der Waals surface area contributed by atoms with Gasteiger partial charge in [-0.25, -0.2) is 0 Å². The van der Waals surface area contributed by atoms with Crippen LogP contribution < -0.4 is 19.7 Å². The Morgan fingerprint density at radius 3 is 2.45 bits per heavy atom. The summed E-state index contributed by atoms with van der Waals surface area (Å²) in [6.07, 6.45) is 0.812. The standard InChI is InChI=1S/C30H28ClN3O6S2/c1-39-18-8-3-13(11-19(18)40-2)21-22-16-12-17(25(22)41-27-26(21)42-30(38)33-27)24-23(16)28(36)34(29(24)37)10-9-20(35)32-15-6-4-14(31)5-7-15/h3-8,11,16-17,21-25H,9-10,12H2,1-2H3,(H,32,35)(H,33,38). The van der Waals surface area contributed by atoms with E-state index < -0.39 is 11.8 Å². The number of fused-ring (bicyclic) bond motifs is 9. The Labute approximate surface area is 254 Å². The number of nitrogens with one attached hydrogen (secondary N) is 2. The summed E-state index contributed by atoms with van der Waals surface area (Å²) in [4.78, 5) is 57.8.